The molecule has 1 N–H and O–H groups in total. The number of carbonyl (C=O) groups excluding carboxylic acids is 2. The van der Waals surface area contributed by atoms with Gasteiger partial charge >= 0.3 is 5.97 Å². The van der Waals surface area contributed by atoms with Crippen molar-refractivity contribution in [2.24, 2.45) is 0 Å². The van der Waals surface area contributed by atoms with Crippen molar-refractivity contribution in [1.29, 1.82) is 0 Å². The van der Waals surface area contributed by atoms with E-state index >= 15 is 0 Å². The fourth-order valence-electron chi connectivity index (χ4n) is 2.45. The van der Waals surface area contributed by atoms with Gasteiger partial charge in [0.1, 0.15) is 5.75 Å². The summed E-state index contributed by atoms with van der Waals surface area (Å²) in [6, 6.07) is 17.3. The molecule has 1 amide bonds. The van der Waals surface area contributed by atoms with E-state index in [1.165, 1.54) is 6.08 Å². The van der Waals surface area contributed by atoms with Gasteiger partial charge in [-0.2, -0.15) is 0 Å². The second-order valence-electron chi connectivity index (χ2n) is 5.91. The Morgan fingerprint density at radius 3 is 2.52 bits per heavy atom. The summed E-state index contributed by atoms with van der Waals surface area (Å²) in [5.41, 5.74) is 1.91. The van der Waals surface area contributed by atoms with Crippen LogP contribution >= 0.6 is 0 Å². The first-order valence-electron chi connectivity index (χ1n) is 9.02. The lowest BCUT2D eigenvalue weighted by Gasteiger charge is -2.12. The molecule has 0 radical (unpaired) electrons. The molecular weight excluding hydrogens is 342 g/mol. The molecule has 1 atom stereocenters. The standard InChI is InChI=1S/C22H25NO4/c1-3-26-20-12-8-7-11-19(20)13-14-21(24)27-17(2)22(25)23-16-15-18-9-5-4-6-10-18/h4-14,17H,3,15-16H2,1-2H3,(H,23,25)/b14-13+/t17-/m0/s1. The summed E-state index contributed by atoms with van der Waals surface area (Å²) in [6.45, 7) is 4.47. The van der Waals surface area contributed by atoms with Gasteiger partial charge in [-0.3, -0.25) is 4.79 Å². The van der Waals surface area contributed by atoms with Gasteiger partial charge < -0.3 is 14.8 Å². The summed E-state index contributed by atoms with van der Waals surface area (Å²) >= 11 is 0. The number of hydrogen-bond acceptors (Lipinski definition) is 4. The molecule has 0 aliphatic heterocycles. The van der Waals surface area contributed by atoms with E-state index in [-0.39, 0.29) is 5.91 Å². The van der Waals surface area contributed by atoms with Crippen LogP contribution in [0, 0.1) is 0 Å². The quantitative estimate of drug-likeness (QED) is 0.545. The molecule has 142 valence electrons. The molecule has 0 heterocycles. The highest BCUT2D eigenvalue weighted by atomic mass is 16.5. The Balaban J connectivity index is 1.79. The van der Waals surface area contributed by atoms with Crippen LogP contribution in [-0.4, -0.2) is 31.1 Å². The summed E-state index contributed by atoms with van der Waals surface area (Å²) in [5, 5.41) is 2.78. The SMILES string of the molecule is CCOc1ccccc1/C=C/C(=O)O[C@@H](C)C(=O)NCCc1ccccc1. The minimum atomic E-state index is -0.861. The number of para-hydroxylation sites is 1. The number of ether oxygens (including phenoxy) is 2. The topological polar surface area (TPSA) is 64.6 Å². The summed E-state index contributed by atoms with van der Waals surface area (Å²) in [7, 11) is 0. The van der Waals surface area contributed by atoms with Crippen molar-refractivity contribution in [2.45, 2.75) is 26.4 Å². The third-order valence-electron chi connectivity index (χ3n) is 3.84. The summed E-state index contributed by atoms with van der Waals surface area (Å²) in [6.07, 6.45) is 2.78. The molecule has 2 aromatic carbocycles. The van der Waals surface area contributed by atoms with Crippen LogP contribution < -0.4 is 10.1 Å². The van der Waals surface area contributed by atoms with Crippen molar-refractivity contribution in [3.8, 4) is 5.75 Å². The van der Waals surface area contributed by atoms with Crippen LogP contribution in [0.3, 0.4) is 0 Å². The molecule has 5 nitrogen and oxygen atoms in total. The van der Waals surface area contributed by atoms with E-state index in [4.69, 9.17) is 9.47 Å². The predicted molar refractivity (Wildman–Crippen MR) is 105 cm³/mol. The Hall–Kier alpha value is -3.08. The zero-order chi connectivity index (χ0) is 19.5. The summed E-state index contributed by atoms with van der Waals surface area (Å²) in [4.78, 5) is 24.0. The second kappa shape index (κ2) is 10.8. The molecule has 0 aliphatic carbocycles. The van der Waals surface area contributed by atoms with E-state index in [0.717, 1.165) is 17.5 Å². The fraction of sp³-hybridized carbons (Fsp3) is 0.273. The number of amides is 1. The lowest BCUT2D eigenvalue weighted by Crippen LogP contribution is -2.36. The van der Waals surface area contributed by atoms with Crippen LogP contribution in [-0.2, 0) is 20.7 Å². The van der Waals surface area contributed by atoms with Crippen molar-refractivity contribution in [1.82, 2.24) is 5.32 Å². The normalized spacial score (nSPS) is 11.8. The Kier molecular flexibility index (Phi) is 8.10. The van der Waals surface area contributed by atoms with Gasteiger partial charge in [-0.05, 0) is 38.0 Å². The van der Waals surface area contributed by atoms with E-state index < -0.39 is 12.1 Å². The first-order valence-corrected chi connectivity index (χ1v) is 9.02. The van der Waals surface area contributed by atoms with E-state index in [0.29, 0.717) is 18.9 Å². The number of benzene rings is 2. The minimum absolute atomic E-state index is 0.317. The van der Waals surface area contributed by atoms with Crippen LogP contribution in [0.5, 0.6) is 5.75 Å². The molecule has 5 heteroatoms. The molecule has 0 spiro atoms. The number of nitrogens with one attached hydrogen (secondary N) is 1. The third kappa shape index (κ3) is 6.98. The number of rotatable bonds is 9. The van der Waals surface area contributed by atoms with Crippen molar-refractivity contribution in [2.75, 3.05) is 13.2 Å². The van der Waals surface area contributed by atoms with Gasteiger partial charge in [0.25, 0.3) is 5.91 Å². The minimum Gasteiger partial charge on any atom is -0.493 e. The maximum absolute atomic E-state index is 12.0. The predicted octanol–water partition coefficient (Wildman–Crippen LogP) is 3.39. The summed E-state index contributed by atoms with van der Waals surface area (Å²) < 4.78 is 10.7. The highest BCUT2D eigenvalue weighted by Crippen LogP contribution is 2.19. The molecule has 0 unspecified atom stereocenters. The smallest absolute Gasteiger partial charge is 0.331 e. The van der Waals surface area contributed by atoms with Gasteiger partial charge in [-0.25, -0.2) is 4.79 Å². The molecule has 0 aromatic heterocycles. The molecule has 0 aliphatic rings. The average molecular weight is 367 g/mol. The number of carbonyl (C=O) groups is 2. The molecular formula is C22H25NO4. The highest BCUT2D eigenvalue weighted by molar-refractivity contribution is 5.90. The molecule has 0 saturated heterocycles. The molecule has 0 fully saturated rings. The first-order chi connectivity index (χ1) is 13.1. The molecule has 27 heavy (non-hydrogen) atoms. The lowest BCUT2D eigenvalue weighted by molar-refractivity contribution is -0.150. The van der Waals surface area contributed by atoms with Gasteiger partial charge in [0.2, 0.25) is 0 Å². The Bertz CT molecular complexity index is 771. The van der Waals surface area contributed by atoms with Crippen molar-refractivity contribution in [3.63, 3.8) is 0 Å². The maximum Gasteiger partial charge on any atom is 0.331 e. The molecule has 2 rings (SSSR count). The van der Waals surface area contributed by atoms with Gasteiger partial charge in [-0.1, -0.05) is 48.5 Å². The van der Waals surface area contributed by atoms with E-state index in [1.54, 1.807) is 13.0 Å². The first kappa shape index (κ1) is 20.2. The van der Waals surface area contributed by atoms with Crippen LogP contribution in [0.25, 0.3) is 6.08 Å². The van der Waals surface area contributed by atoms with Gasteiger partial charge in [0, 0.05) is 18.2 Å². The van der Waals surface area contributed by atoms with Crippen LogP contribution in [0.2, 0.25) is 0 Å². The largest absolute Gasteiger partial charge is 0.493 e. The van der Waals surface area contributed by atoms with Crippen LogP contribution in [0.1, 0.15) is 25.0 Å². The summed E-state index contributed by atoms with van der Waals surface area (Å²) in [5.74, 6) is -0.204. The van der Waals surface area contributed by atoms with Gasteiger partial charge in [0.05, 0.1) is 6.61 Å². The van der Waals surface area contributed by atoms with E-state index in [1.807, 2.05) is 61.5 Å². The van der Waals surface area contributed by atoms with E-state index in [2.05, 4.69) is 5.32 Å². The van der Waals surface area contributed by atoms with Crippen molar-refractivity contribution < 1.29 is 19.1 Å². The highest BCUT2D eigenvalue weighted by Gasteiger charge is 2.16. The van der Waals surface area contributed by atoms with Gasteiger partial charge in [-0.15, -0.1) is 0 Å². The Morgan fingerprint density at radius 1 is 1.07 bits per heavy atom. The Morgan fingerprint density at radius 2 is 1.78 bits per heavy atom. The van der Waals surface area contributed by atoms with Gasteiger partial charge in [0.15, 0.2) is 6.10 Å². The maximum atomic E-state index is 12.0. The van der Waals surface area contributed by atoms with Crippen molar-refractivity contribution in [3.05, 3.63) is 71.8 Å². The fourth-order valence-corrected chi connectivity index (χ4v) is 2.45. The zero-order valence-corrected chi connectivity index (χ0v) is 15.7. The molecule has 0 bridgehead atoms. The average Bonchev–Trinajstić information content (AvgIpc) is 2.68. The van der Waals surface area contributed by atoms with Crippen LogP contribution in [0.15, 0.2) is 60.7 Å². The third-order valence-corrected chi connectivity index (χ3v) is 3.84. The zero-order valence-electron chi connectivity index (χ0n) is 15.7. The number of hydrogen-bond donors (Lipinski definition) is 1. The number of esters is 1. The monoisotopic (exact) mass is 367 g/mol. The Labute approximate surface area is 160 Å². The van der Waals surface area contributed by atoms with Crippen molar-refractivity contribution >= 4 is 18.0 Å². The molecule has 2 aromatic rings. The molecule has 0 saturated carbocycles. The van der Waals surface area contributed by atoms with E-state index in [9.17, 15) is 9.59 Å². The van der Waals surface area contributed by atoms with Crippen LogP contribution in [0.4, 0.5) is 0 Å². The lowest BCUT2D eigenvalue weighted by atomic mass is 10.1. The second-order valence-corrected chi connectivity index (χ2v) is 5.91.